The molecule has 1 heterocycles. The van der Waals surface area contributed by atoms with E-state index in [0.29, 0.717) is 18.9 Å². The fourth-order valence-electron chi connectivity index (χ4n) is 1.71. The first-order valence-electron chi connectivity index (χ1n) is 6.70. The zero-order valence-electron chi connectivity index (χ0n) is 12.2. The van der Waals surface area contributed by atoms with Gasteiger partial charge in [0.05, 0.1) is 7.11 Å². The van der Waals surface area contributed by atoms with Gasteiger partial charge in [-0.15, -0.1) is 0 Å². The van der Waals surface area contributed by atoms with E-state index in [1.165, 1.54) is 6.26 Å². The number of hydrogen-bond acceptors (Lipinski definition) is 6. The smallest absolute Gasteiger partial charge is 0.377 e. The molecule has 1 aliphatic heterocycles. The summed E-state index contributed by atoms with van der Waals surface area (Å²) in [6, 6.07) is 7.30. The molecule has 0 aromatic heterocycles. The zero-order valence-corrected chi connectivity index (χ0v) is 12.2. The number of ether oxygens (including phenoxy) is 4. The average Bonchev–Trinajstić information content (AvgIpc) is 2.58. The molecule has 0 atom stereocenters. The molecule has 22 heavy (non-hydrogen) atoms. The summed E-state index contributed by atoms with van der Waals surface area (Å²) >= 11 is 0. The summed E-state index contributed by atoms with van der Waals surface area (Å²) in [4.78, 5) is 23.2. The molecule has 1 aromatic rings. The lowest BCUT2D eigenvalue weighted by atomic mass is 10.2. The first kappa shape index (κ1) is 15.7. The minimum absolute atomic E-state index is 0.0353. The molecule has 2 rings (SSSR count). The maximum Gasteiger partial charge on any atom is 0.377 e. The SMILES string of the molecule is COc1cccc(CNC(=O)COC(=O)C2=COCCO2)c1. The second-order valence-electron chi connectivity index (χ2n) is 4.41. The van der Waals surface area contributed by atoms with Crippen molar-refractivity contribution in [3.05, 3.63) is 41.9 Å². The maximum absolute atomic E-state index is 11.6. The third-order valence-corrected chi connectivity index (χ3v) is 2.81. The van der Waals surface area contributed by atoms with Crippen molar-refractivity contribution in [1.29, 1.82) is 0 Å². The molecule has 1 aliphatic rings. The van der Waals surface area contributed by atoms with Crippen LogP contribution in [0, 0.1) is 0 Å². The molecular formula is C15H17NO6. The number of amides is 1. The molecule has 7 heteroatoms. The second kappa shape index (κ2) is 7.92. The molecule has 7 nitrogen and oxygen atoms in total. The van der Waals surface area contributed by atoms with Crippen LogP contribution in [-0.4, -0.2) is 38.8 Å². The van der Waals surface area contributed by atoms with E-state index in [0.717, 1.165) is 5.56 Å². The Morgan fingerprint density at radius 3 is 2.91 bits per heavy atom. The first-order valence-corrected chi connectivity index (χ1v) is 6.70. The van der Waals surface area contributed by atoms with E-state index in [1.54, 1.807) is 7.11 Å². The topological polar surface area (TPSA) is 83.1 Å². The molecule has 0 aliphatic carbocycles. The molecule has 1 aromatic carbocycles. The second-order valence-corrected chi connectivity index (χ2v) is 4.41. The van der Waals surface area contributed by atoms with Gasteiger partial charge in [-0.1, -0.05) is 12.1 Å². The van der Waals surface area contributed by atoms with Crippen LogP contribution in [0.2, 0.25) is 0 Å². The maximum atomic E-state index is 11.6. The molecule has 0 unspecified atom stereocenters. The molecule has 0 radical (unpaired) electrons. The van der Waals surface area contributed by atoms with Gasteiger partial charge >= 0.3 is 5.97 Å². The van der Waals surface area contributed by atoms with E-state index in [9.17, 15) is 9.59 Å². The Kier molecular flexibility index (Phi) is 5.65. The van der Waals surface area contributed by atoms with E-state index in [4.69, 9.17) is 18.9 Å². The molecule has 0 bridgehead atoms. The van der Waals surface area contributed by atoms with Crippen LogP contribution in [0.3, 0.4) is 0 Å². The van der Waals surface area contributed by atoms with Crippen LogP contribution in [-0.2, 0) is 30.3 Å². The largest absolute Gasteiger partial charge is 0.497 e. The lowest BCUT2D eigenvalue weighted by molar-refractivity contribution is -0.149. The molecule has 0 saturated carbocycles. The number of benzene rings is 1. The predicted molar refractivity (Wildman–Crippen MR) is 75.8 cm³/mol. The number of carbonyl (C=O) groups is 2. The zero-order chi connectivity index (χ0) is 15.8. The highest BCUT2D eigenvalue weighted by molar-refractivity contribution is 5.88. The predicted octanol–water partition coefficient (Wildman–Crippen LogP) is 0.743. The quantitative estimate of drug-likeness (QED) is 0.781. The highest BCUT2D eigenvalue weighted by Crippen LogP contribution is 2.12. The molecule has 0 spiro atoms. The van der Waals surface area contributed by atoms with Crippen molar-refractivity contribution >= 4 is 11.9 Å². The van der Waals surface area contributed by atoms with Gasteiger partial charge in [0, 0.05) is 6.54 Å². The number of esters is 1. The lowest BCUT2D eigenvalue weighted by Gasteiger charge is -2.14. The third kappa shape index (κ3) is 4.69. The summed E-state index contributed by atoms with van der Waals surface area (Å²) < 4.78 is 19.9. The first-order chi connectivity index (χ1) is 10.7. The Morgan fingerprint density at radius 1 is 1.32 bits per heavy atom. The van der Waals surface area contributed by atoms with Gasteiger partial charge in [0.25, 0.3) is 5.91 Å². The normalized spacial score (nSPS) is 13.2. The summed E-state index contributed by atoms with van der Waals surface area (Å²) in [6.45, 7) is 0.597. The van der Waals surface area contributed by atoms with Crippen LogP contribution in [0.4, 0.5) is 0 Å². The van der Waals surface area contributed by atoms with Gasteiger partial charge in [0.2, 0.25) is 5.76 Å². The molecule has 1 amide bonds. The fraction of sp³-hybridized carbons (Fsp3) is 0.333. The van der Waals surface area contributed by atoms with E-state index >= 15 is 0 Å². The summed E-state index contributed by atoms with van der Waals surface area (Å²) in [5.41, 5.74) is 0.880. The van der Waals surface area contributed by atoms with E-state index in [1.807, 2.05) is 24.3 Å². The lowest BCUT2D eigenvalue weighted by Crippen LogP contribution is -2.29. The summed E-state index contributed by atoms with van der Waals surface area (Å²) in [5, 5.41) is 2.65. The van der Waals surface area contributed by atoms with Crippen LogP contribution in [0.1, 0.15) is 5.56 Å². The Balaban J connectivity index is 1.73. The molecule has 1 N–H and O–H groups in total. The molecular weight excluding hydrogens is 290 g/mol. The van der Waals surface area contributed by atoms with Crippen LogP contribution in [0.5, 0.6) is 5.75 Å². The third-order valence-electron chi connectivity index (χ3n) is 2.81. The summed E-state index contributed by atoms with van der Waals surface area (Å²) in [6.07, 6.45) is 1.18. The van der Waals surface area contributed by atoms with Crippen molar-refractivity contribution in [3.63, 3.8) is 0 Å². The van der Waals surface area contributed by atoms with E-state index in [2.05, 4.69) is 5.32 Å². The van der Waals surface area contributed by atoms with Gasteiger partial charge in [-0.05, 0) is 17.7 Å². The highest BCUT2D eigenvalue weighted by atomic mass is 16.6. The number of hydrogen-bond donors (Lipinski definition) is 1. The minimum Gasteiger partial charge on any atom is -0.497 e. The van der Waals surface area contributed by atoms with Crippen molar-refractivity contribution in [2.45, 2.75) is 6.54 Å². The van der Waals surface area contributed by atoms with Crippen molar-refractivity contribution in [2.75, 3.05) is 26.9 Å². The van der Waals surface area contributed by atoms with Crippen LogP contribution in [0.25, 0.3) is 0 Å². The summed E-state index contributed by atoms with van der Waals surface area (Å²) in [5.74, 6) is -0.462. The molecule has 0 fully saturated rings. The Bertz CT molecular complexity index is 569. The van der Waals surface area contributed by atoms with Gasteiger partial charge in [0.1, 0.15) is 25.2 Å². The van der Waals surface area contributed by atoms with Crippen LogP contribution in [0.15, 0.2) is 36.3 Å². The standard InChI is InChI=1S/C15H17NO6/c1-19-12-4-2-3-11(7-12)8-16-14(17)10-22-15(18)13-9-20-5-6-21-13/h2-4,7,9H,5-6,8,10H2,1H3,(H,16,17). The molecule has 118 valence electrons. The fourth-order valence-corrected chi connectivity index (χ4v) is 1.71. The number of rotatable bonds is 6. The number of methoxy groups -OCH3 is 1. The van der Waals surface area contributed by atoms with E-state index < -0.39 is 11.9 Å². The summed E-state index contributed by atoms with van der Waals surface area (Å²) in [7, 11) is 1.57. The van der Waals surface area contributed by atoms with Crippen molar-refractivity contribution in [1.82, 2.24) is 5.32 Å². The van der Waals surface area contributed by atoms with Crippen molar-refractivity contribution < 1.29 is 28.5 Å². The Hall–Kier alpha value is -2.70. The van der Waals surface area contributed by atoms with Crippen molar-refractivity contribution in [2.24, 2.45) is 0 Å². The Morgan fingerprint density at radius 2 is 2.18 bits per heavy atom. The van der Waals surface area contributed by atoms with Gasteiger partial charge in [-0.2, -0.15) is 0 Å². The van der Waals surface area contributed by atoms with Gasteiger partial charge < -0.3 is 24.3 Å². The van der Waals surface area contributed by atoms with Gasteiger partial charge in [-0.3, -0.25) is 4.79 Å². The number of nitrogens with one attached hydrogen (secondary N) is 1. The van der Waals surface area contributed by atoms with Crippen LogP contribution < -0.4 is 10.1 Å². The Labute approximate surface area is 127 Å². The molecule has 0 saturated heterocycles. The minimum atomic E-state index is -0.726. The van der Waals surface area contributed by atoms with E-state index in [-0.39, 0.29) is 19.0 Å². The van der Waals surface area contributed by atoms with Gasteiger partial charge in [-0.25, -0.2) is 4.79 Å². The van der Waals surface area contributed by atoms with Crippen LogP contribution >= 0.6 is 0 Å². The van der Waals surface area contributed by atoms with Crippen molar-refractivity contribution in [3.8, 4) is 5.75 Å². The average molecular weight is 307 g/mol. The monoisotopic (exact) mass is 307 g/mol. The highest BCUT2D eigenvalue weighted by Gasteiger charge is 2.17. The number of carbonyl (C=O) groups excluding carboxylic acids is 2. The van der Waals surface area contributed by atoms with Gasteiger partial charge in [0.15, 0.2) is 6.61 Å².